The van der Waals surface area contributed by atoms with Crippen molar-refractivity contribution in [1.29, 1.82) is 0 Å². The topological polar surface area (TPSA) is 59.8 Å². The molecule has 6 heteroatoms. The van der Waals surface area contributed by atoms with Crippen LogP contribution in [0.3, 0.4) is 0 Å². The zero-order valence-corrected chi connectivity index (χ0v) is 20.0. The molecular formula is C27H28N4OS. The Morgan fingerprint density at radius 1 is 0.970 bits per heavy atom. The van der Waals surface area contributed by atoms with Crippen LogP contribution in [0.5, 0.6) is 0 Å². The van der Waals surface area contributed by atoms with Crippen molar-refractivity contribution in [3.8, 4) is 17.1 Å². The number of thioether (sulfide) groups is 1. The molecule has 0 saturated carbocycles. The van der Waals surface area contributed by atoms with Crippen molar-refractivity contribution >= 4 is 23.4 Å². The summed E-state index contributed by atoms with van der Waals surface area (Å²) in [4.78, 5) is 12.6. The molecule has 1 amide bonds. The third-order valence-electron chi connectivity index (χ3n) is 5.67. The first-order valence-electron chi connectivity index (χ1n) is 11.2. The standard InChI is InChI=1S/C27H28N4OS/c1-4-20(3)21-14-16-23(17-15-21)28-25(32)18-33-27-30-29-26(22-12-10-19(2)11-13-22)31(27)24-8-6-5-7-9-24/h5-17,20H,4,18H2,1-3H3,(H,28,32)/t20-/m1/s1. The molecule has 0 aliphatic rings. The average Bonchev–Trinajstić information content (AvgIpc) is 3.27. The number of nitrogens with zero attached hydrogens (tertiary/aromatic N) is 3. The molecule has 33 heavy (non-hydrogen) atoms. The molecule has 1 N–H and O–H groups in total. The second-order valence-electron chi connectivity index (χ2n) is 8.11. The molecule has 4 aromatic rings. The Labute approximate surface area is 199 Å². The minimum Gasteiger partial charge on any atom is -0.325 e. The van der Waals surface area contributed by atoms with Gasteiger partial charge in [0, 0.05) is 16.9 Å². The van der Waals surface area contributed by atoms with Crippen LogP contribution in [0.2, 0.25) is 0 Å². The number of benzene rings is 3. The van der Waals surface area contributed by atoms with Gasteiger partial charge in [0.15, 0.2) is 11.0 Å². The third-order valence-corrected chi connectivity index (χ3v) is 6.59. The summed E-state index contributed by atoms with van der Waals surface area (Å²) in [6, 6.07) is 26.3. The molecule has 0 fully saturated rings. The fraction of sp³-hybridized carbons (Fsp3) is 0.222. The van der Waals surface area contributed by atoms with Gasteiger partial charge >= 0.3 is 0 Å². The highest BCUT2D eigenvalue weighted by Crippen LogP contribution is 2.28. The Bertz CT molecular complexity index is 1200. The van der Waals surface area contributed by atoms with Gasteiger partial charge in [0.2, 0.25) is 5.91 Å². The van der Waals surface area contributed by atoms with E-state index < -0.39 is 0 Å². The summed E-state index contributed by atoms with van der Waals surface area (Å²) in [5.41, 5.74) is 5.21. The molecular weight excluding hydrogens is 428 g/mol. The number of aromatic nitrogens is 3. The van der Waals surface area contributed by atoms with E-state index in [1.54, 1.807) is 0 Å². The molecule has 0 spiro atoms. The van der Waals surface area contributed by atoms with E-state index >= 15 is 0 Å². The molecule has 0 radical (unpaired) electrons. The van der Waals surface area contributed by atoms with Crippen LogP contribution < -0.4 is 5.32 Å². The number of hydrogen-bond donors (Lipinski definition) is 1. The lowest BCUT2D eigenvalue weighted by Gasteiger charge is -2.11. The van der Waals surface area contributed by atoms with Gasteiger partial charge in [0.05, 0.1) is 5.75 Å². The summed E-state index contributed by atoms with van der Waals surface area (Å²) in [5, 5.41) is 12.5. The van der Waals surface area contributed by atoms with Gasteiger partial charge in [-0.1, -0.05) is 85.8 Å². The summed E-state index contributed by atoms with van der Waals surface area (Å²) in [6.07, 6.45) is 1.09. The summed E-state index contributed by atoms with van der Waals surface area (Å²) in [7, 11) is 0. The van der Waals surface area contributed by atoms with Crippen LogP contribution in [0.1, 0.15) is 37.3 Å². The Balaban J connectivity index is 1.51. The number of para-hydroxylation sites is 1. The van der Waals surface area contributed by atoms with E-state index in [4.69, 9.17) is 0 Å². The second kappa shape index (κ2) is 10.5. The van der Waals surface area contributed by atoms with Gasteiger partial charge in [0.1, 0.15) is 0 Å². The Kier molecular flexibility index (Phi) is 7.25. The van der Waals surface area contributed by atoms with E-state index in [1.165, 1.54) is 22.9 Å². The SMILES string of the molecule is CC[C@@H](C)c1ccc(NC(=O)CSc2nnc(-c3ccc(C)cc3)n2-c2ccccc2)cc1. The Morgan fingerprint density at radius 2 is 1.67 bits per heavy atom. The molecule has 168 valence electrons. The maximum absolute atomic E-state index is 12.6. The summed E-state index contributed by atoms with van der Waals surface area (Å²) < 4.78 is 2.00. The van der Waals surface area contributed by atoms with Crippen LogP contribution in [0.4, 0.5) is 5.69 Å². The van der Waals surface area contributed by atoms with Crippen molar-refractivity contribution in [3.05, 3.63) is 90.0 Å². The first kappa shape index (κ1) is 22.8. The van der Waals surface area contributed by atoms with E-state index in [-0.39, 0.29) is 11.7 Å². The van der Waals surface area contributed by atoms with Gasteiger partial charge < -0.3 is 5.32 Å². The lowest BCUT2D eigenvalue weighted by molar-refractivity contribution is -0.113. The lowest BCUT2D eigenvalue weighted by Crippen LogP contribution is -2.14. The second-order valence-corrected chi connectivity index (χ2v) is 9.05. The normalized spacial score (nSPS) is 11.8. The van der Waals surface area contributed by atoms with Crippen molar-refractivity contribution in [2.75, 3.05) is 11.1 Å². The molecule has 0 aliphatic heterocycles. The van der Waals surface area contributed by atoms with Crippen LogP contribution in [-0.2, 0) is 4.79 Å². The third kappa shape index (κ3) is 5.52. The molecule has 0 aliphatic carbocycles. The van der Waals surface area contributed by atoms with Gasteiger partial charge in [-0.05, 0) is 49.1 Å². The average molecular weight is 457 g/mol. The van der Waals surface area contributed by atoms with Crippen LogP contribution >= 0.6 is 11.8 Å². The van der Waals surface area contributed by atoms with E-state index in [2.05, 4.69) is 60.6 Å². The van der Waals surface area contributed by atoms with Crippen molar-refractivity contribution in [2.45, 2.75) is 38.3 Å². The van der Waals surface area contributed by atoms with Crippen molar-refractivity contribution < 1.29 is 4.79 Å². The van der Waals surface area contributed by atoms with Crippen LogP contribution in [0.15, 0.2) is 84.0 Å². The first-order valence-corrected chi connectivity index (χ1v) is 12.1. The summed E-state index contributed by atoms with van der Waals surface area (Å²) in [5.74, 6) is 1.43. The number of rotatable bonds is 8. The van der Waals surface area contributed by atoms with Crippen molar-refractivity contribution in [1.82, 2.24) is 14.8 Å². The maximum atomic E-state index is 12.6. The zero-order chi connectivity index (χ0) is 23.2. The molecule has 5 nitrogen and oxygen atoms in total. The predicted octanol–water partition coefficient (Wildman–Crippen LogP) is 6.49. The molecule has 0 bridgehead atoms. The predicted molar refractivity (Wildman–Crippen MR) is 136 cm³/mol. The lowest BCUT2D eigenvalue weighted by atomic mass is 9.99. The smallest absolute Gasteiger partial charge is 0.234 e. The molecule has 1 heterocycles. The minimum atomic E-state index is -0.0733. The van der Waals surface area contributed by atoms with E-state index in [9.17, 15) is 4.79 Å². The molecule has 0 saturated heterocycles. The first-order chi connectivity index (χ1) is 16.0. The number of hydrogen-bond acceptors (Lipinski definition) is 4. The van der Waals surface area contributed by atoms with Gasteiger partial charge in [-0.3, -0.25) is 9.36 Å². The highest BCUT2D eigenvalue weighted by atomic mass is 32.2. The number of aryl methyl sites for hydroxylation is 1. The number of carbonyl (C=O) groups is 1. The maximum Gasteiger partial charge on any atom is 0.234 e. The largest absolute Gasteiger partial charge is 0.325 e. The van der Waals surface area contributed by atoms with Gasteiger partial charge in [-0.2, -0.15) is 0 Å². The number of anilines is 1. The number of amides is 1. The minimum absolute atomic E-state index is 0.0733. The van der Waals surface area contributed by atoms with Crippen molar-refractivity contribution in [3.63, 3.8) is 0 Å². The van der Waals surface area contributed by atoms with Gasteiger partial charge in [0.25, 0.3) is 0 Å². The quantitative estimate of drug-likeness (QED) is 0.308. The fourth-order valence-electron chi connectivity index (χ4n) is 3.52. The van der Waals surface area contributed by atoms with E-state index in [0.29, 0.717) is 11.1 Å². The van der Waals surface area contributed by atoms with E-state index in [0.717, 1.165) is 29.2 Å². The van der Waals surface area contributed by atoms with Gasteiger partial charge in [-0.15, -0.1) is 10.2 Å². The Morgan fingerprint density at radius 3 is 2.33 bits per heavy atom. The van der Waals surface area contributed by atoms with Crippen LogP contribution in [0.25, 0.3) is 17.1 Å². The summed E-state index contributed by atoms with van der Waals surface area (Å²) in [6.45, 7) is 6.44. The molecule has 1 atom stereocenters. The monoisotopic (exact) mass is 456 g/mol. The highest BCUT2D eigenvalue weighted by Gasteiger charge is 2.17. The van der Waals surface area contributed by atoms with Crippen LogP contribution in [-0.4, -0.2) is 26.4 Å². The fourth-order valence-corrected chi connectivity index (χ4v) is 4.27. The van der Waals surface area contributed by atoms with Crippen LogP contribution in [0, 0.1) is 6.92 Å². The molecule has 4 rings (SSSR count). The van der Waals surface area contributed by atoms with E-state index in [1.807, 2.05) is 59.2 Å². The zero-order valence-electron chi connectivity index (χ0n) is 19.2. The van der Waals surface area contributed by atoms with Crippen molar-refractivity contribution in [2.24, 2.45) is 0 Å². The summed E-state index contributed by atoms with van der Waals surface area (Å²) >= 11 is 1.38. The number of carbonyl (C=O) groups excluding carboxylic acids is 1. The van der Waals surface area contributed by atoms with Gasteiger partial charge in [-0.25, -0.2) is 0 Å². The number of nitrogens with one attached hydrogen (secondary N) is 1. The molecule has 3 aromatic carbocycles. The molecule has 1 aromatic heterocycles. The molecule has 0 unspecified atom stereocenters. The highest BCUT2D eigenvalue weighted by molar-refractivity contribution is 7.99. The Hall–Kier alpha value is -3.38.